The molecule has 0 spiro atoms. The summed E-state index contributed by atoms with van der Waals surface area (Å²) in [6.45, 7) is 1.17. The minimum atomic E-state index is -0.526. The summed E-state index contributed by atoms with van der Waals surface area (Å²) >= 11 is 0. The highest BCUT2D eigenvalue weighted by atomic mass is 35.5. The smallest absolute Gasteiger partial charge is 0.254 e. The number of benzene rings is 1. The third-order valence-electron chi connectivity index (χ3n) is 2.91. The first kappa shape index (κ1) is 14.7. The lowest BCUT2D eigenvalue weighted by atomic mass is 10.2. The standard InChI is InChI=1S/C12H15FN2O2.ClH/c1-17-11-3-2-8(6-10(11)13)12(16)15-5-4-9(14)7-15;/h2-3,6,9H,4-5,7,14H2,1H3;1H. The predicted molar refractivity (Wildman–Crippen MR) is 68.7 cm³/mol. The number of methoxy groups -OCH3 is 1. The van der Waals surface area contributed by atoms with Crippen LogP contribution < -0.4 is 10.5 Å². The number of nitrogens with two attached hydrogens (primary N) is 1. The molecule has 6 heteroatoms. The predicted octanol–water partition coefficient (Wildman–Crippen LogP) is 1.43. The molecule has 1 fully saturated rings. The van der Waals surface area contributed by atoms with Gasteiger partial charge in [0.2, 0.25) is 0 Å². The summed E-state index contributed by atoms with van der Waals surface area (Å²) in [5, 5.41) is 0. The van der Waals surface area contributed by atoms with E-state index >= 15 is 0 Å². The third kappa shape index (κ3) is 2.91. The highest BCUT2D eigenvalue weighted by molar-refractivity contribution is 5.94. The van der Waals surface area contributed by atoms with Crippen molar-refractivity contribution in [2.24, 2.45) is 5.73 Å². The Morgan fingerprint density at radius 1 is 1.56 bits per heavy atom. The zero-order valence-corrected chi connectivity index (χ0v) is 10.9. The Labute approximate surface area is 111 Å². The Kier molecular flexibility index (Phi) is 4.93. The van der Waals surface area contributed by atoms with E-state index in [1.54, 1.807) is 11.0 Å². The molecule has 0 aliphatic carbocycles. The van der Waals surface area contributed by atoms with Gasteiger partial charge in [0.25, 0.3) is 5.91 Å². The number of hydrogen-bond donors (Lipinski definition) is 1. The van der Waals surface area contributed by atoms with Gasteiger partial charge in [-0.15, -0.1) is 12.4 Å². The molecule has 1 aliphatic rings. The fraction of sp³-hybridized carbons (Fsp3) is 0.417. The maximum Gasteiger partial charge on any atom is 0.254 e. The quantitative estimate of drug-likeness (QED) is 0.888. The second-order valence-electron chi connectivity index (χ2n) is 4.15. The molecule has 0 saturated carbocycles. The fourth-order valence-electron chi connectivity index (χ4n) is 1.95. The summed E-state index contributed by atoms with van der Waals surface area (Å²) in [4.78, 5) is 13.7. The van der Waals surface area contributed by atoms with Crippen LogP contribution in [-0.4, -0.2) is 37.0 Å². The number of carbonyl (C=O) groups is 1. The van der Waals surface area contributed by atoms with Crippen LogP contribution in [0.15, 0.2) is 18.2 Å². The fourth-order valence-corrected chi connectivity index (χ4v) is 1.95. The summed E-state index contributed by atoms with van der Waals surface area (Å²) in [7, 11) is 1.39. The van der Waals surface area contributed by atoms with Crippen molar-refractivity contribution in [2.75, 3.05) is 20.2 Å². The largest absolute Gasteiger partial charge is 0.494 e. The Hall–Kier alpha value is -1.33. The van der Waals surface area contributed by atoms with E-state index in [2.05, 4.69) is 0 Å². The van der Waals surface area contributed by atoms with Crippen molar-refractivity contribution in [2.45, 2.75) is 12.5 Å². The van der Waals surface area contributed by atoms with E-state index in [1.807, 2.05) is 0 Å². The molecule has 1 heterocycles. The molecule has 4 nitrogen and oxygen atoms in total. The van der Waals surface area contributed by atoms with Crippen molar-refractivity contribution in [3.63, 3.8) is 0 Å². The molecule has 1 saturated heterocycles. The number of halogens is 2. The van der Waals surface area contributed by atoms with E-state index in [9.17, 15) is 9.18 Å². The third-order valence-corrected chi connectivity index (χ3v) is 2.91. The molecule has 1 unspecified atom stereocenters. The van der Waals surface area contributed by atoms with Crippen molar-refractivity contribution in [1.82, 2.24) is 4.90 Å². The average molecular weight is 275 g/mol. The summed E-state index contributed by atoms with van der Waals surface area (Å²) in [5.74, 6) is -0.568. The zero-order valence-electron chi connectivity index (χ0n) is 10.1. The number of hydrogen-bond acceptors (Lipinski definition) is 3. The number of rotatable bonds is 2. The van der Waals surface area contributed by atoms with Crippen LogP contribution in [0.3, 0.4) is 0 Å². The van der Waals surface area contributed by atoms with Gasteiger partial charge in [-0.25, -0.2) is 4.39 Å². The molecular weight excluding hydrogens is 259 g/mol. The van der Waals surface area contributed by atoms with Crippen LogP contribution in [0, 0.1) is 5.82 Å². The molecule has 1 amide bonds. The van der Waals surface area contributed by atoms with Gasteiger partial charge in [-0.2, -0.15) is 0 Å². The molecule has 0 radical (unpaired) electrons. The number of carbonyl (C=O) groups excluding carboxylic acids is 1. The minimum Gasteiger partial charge on any atom is -0.494 e. The summed E-state index contributed by atoms with van der Waals surface area (Å²) in [6, 6.07) is 4.25. The van der Waals surface area contributed by atoms with Crippen molar-refractivity contribution < 1.29 is 13.9 Å². The summed E-state index contributed by atoms with van der Waals surface area (Å²) in [5.41, 5.74) is 6.06. The van der Waals surface area contributed by atoms with Crippen LogP contribution in [0.2, 0.25) is 0 Å². The van der Waals surface area contributed by atoms with Crippen LogP contribution in [-0.2, 0) is 0 Å². The molecule has 100 valence electrons. The first-order chi connectivity index (χ1) is 8.11. The lowest BCUT2D eigenvalue weighted by Crippen LogP contribution is -2.31. The average Bonchev–Trinajstić information content (AvgIpc) is 2.75. The maximum absolute atomic E-state index is 13.5. The molecule has 1 atom stereocenters. The number of ether oxygens (including phenoxy) is 1. The highest BCUT2D eigenvalue weighted by Crippen LogP contribution is 2.20. The number of likely N-dealkylation sites (tertiary alicyclic amines) is 1. The van der Waals surface area contributed by atoms with Crippen LogP contribution in [0.4, 0.5) is 4.39 Å². The summed E-state index contributed by atoms with van der Waals surface area (Å²) < 4.78 is 18.3. The molecule has 2 N–H and O–H groups in total. The van der Waals surface area contributed by atoms with Gasteiger partial charge in [0.15, 0.2) is 11.6 Å². The summed E-state index contributed by atoms with van der Waals surface area (Å²) in [6.07, 6.45) is 0.796. The van der Waals surface area contributed by atoms with Crippen molar-refractivity contribution in [3.8, 4) is 5.75 Å². The minimum absolute atomic E-state index is 0. The first-order valence-corrected chi connectivity index (χ1v) is 5.50. The Bertz CT molecular complexity index is 442. The molecule has 2 rings (SSSR count). The van der Waals surface area contributed by atoms with Gasteiger partial charge >= 0.3 is 0 Å². The molecule has 1 aliphatic heterocycles. The van der Waals surface area contributed by atoms with Gasteiger partial charge in [-0.1, -0.05) is 0 Å². The van der Waals surface area contributed by atoms with E-state index in [-0.39, 0.29) is 30.1 Å². The van der Waals surface area contributed by atoms with E-state index in [1.165, 1.54) is 19.2 Å². The van der Waals surface area contributed by atoms with E-state index in [0.717, 1.165) is 6.42 Å². The number of amides is 1. The van der Waals surface area contributed by atoms with E-state index < -0.39 is 5.82 Å². The van der Waals surface area contributed by atoms with Crippen LogP contribution >= 0.6 is 12.4 Å². The van der Waals surface area contributed by atoms with Gasteiger partial charge in [0.05, 0.1) is 7.11 Å². The van der Waals surface area contributed by atoms with Crippen LogP contribution in [0.5, 0.6) is 5.75 Å². The maximum atomic E-state index is 13.5. The topological polar surface area (TPSA) is 55.6 Å². The lowest BCUT2D eigenvalue weighted by molar-refractivity contribution is 0.0790. The number of nitrogens with zero attached hydrogens (tertiary/aromatic N) is 1. The van der Waals surface area contributed by atoms with Gasteiger partial charge in [0.1, 0.15) is 0 Å². The second-order valence-corrected chi connectivity index (χ2v) is 4.15. The van der Waals surface area contributed by atoms with Gasteiger partial charge in [-0.3, -0.25) is 4.79 Å². The Morgan fingerprint density at radius 3 is 2.78 bits per heavy atom. The van der Waals surface area contributed by atoms with Crippen molar-refractivity contribution in [1.29, 1.82) is 0 Å². The highest BCUT2D eigenvalue weighted by Gasteiger charge is 2.24. The van der Waals surface area contributed by atoms with E-state index in [0.29, 0.717) is 18.7 Å². The first-order valence-electron chi connectivity index (χ1n) is 5.50. The SMILES string of the molecule is COc1ccc(C(=O)N2CCC(N)C2)cc1F.Cl. The molecule has 0 aromatic heterocycles. The molecule has 18 heavy (non-hydrogen) atoms. The van der Waals surface area contributed by atoms with Crippen molar-refractivity contribution >= 4 is 18.3 Å². The monoisotopic (exact) mass is 274 g/mol. The lowest BCUT2D eigenvalue weighted by Gasteiger charge is -2.16. The Morgan fingerprint density at radius 2 is 2.28 bits per heavy atom. The Balaban J connectivity index is 0.00000162. The van der Waals surface area contributed by atoms with Gasteiger partial charge in [0, 0.05) is 24.7 Å². The molecular formula is C12H16ClFN2O2. The van der Waals surface area contributed by atoms with Gasteiger partial charge < -0.3 is 15.4 Å². The molecule has 0 bridgehead atoms. The zero-order chi connectivity index (χ0) is 12.4. The molecule has 1 aromatic carbocycles. The van der Waals surface area contributed by atoms with Crippen molar-refractivity contribution in [3.05, 3.63) is 29.6 Å². The van der Waals surface area contributed by atoms with Crippen LogP contribution in [0.25, 0.3) is 0 Å². The van der Waals surface area contributed by atoms with Crippen LogP contribution in [0.1, 0.15) is 16.8 Å². The van der Waals surface area contributed by atoms with E-state index in [4.69, 9.17) is 10.5 Å². The second kappa shape index (κ2) is 6.02. The van der Waals surface area contributed by atoms with Gasteiger partial charge in [-0.05, 0) is 24.6 Å². The normalized spacial score (nSPS) is 18.4. The molecule has 1 aromatic rings.